The molecule has 1 fully saturated rings. The van der Waals surface area contributed by atoms with Crippen molar-refractivity contribution in [1.82, 2.24) is 20.5 Å². The van der Waals surface area contributed by atoms with Gasteiger partial charge >= 0.3 is 0 Å². The van der Waals surface area contributed by atoms with E-state index in [1.807, 2.05) is 57.5 Å². The van der Waals surface area contributed by atoms with Gasteiger partial charge in [-0.05, 0) is 42.9 Å². The number of nitrogens with two attached hydrogens (primary N) is 1. The van der Waals surface area contributed by atoms with E-state index in [2.05, 4.69) is 15.6 Å². The number of likely N-dealkylation sites (tertiary alicyclic amines) is 1. The van der Waals surface area contributed by atoms with Gasteiger partial charge in [0.05, 0.1) is 22.2 Å². The molecular formula is C41H67N5O4S. The van der Waals surface area contributed by atoms with Crippen molar-refractivity contribution in [3.05, 3.63) is 41.0 Å². The molecular weight excluding hydrogens is 659 g/mol. The number of β-amino-alcohol motifs (C(OH)–C–C–N with tert-alkyl or cyclic N) is 1. The van der Waals surface area contributed by atoms with Crippen LogP contribution in [0.2, 0.25) is 0 Å². The summed E-state index contributed by atoms with van der Waals surface area (Å²) in [5.74, 6) is -0.770. The molecule has 10 heteroatoms. The average Bonchev–Trinajstić information content (AvgIpc) is 3.72. The van der Waals surface area contributed by atoms with E-state index in [4.69, 9.17) is 5.73 Å². The maximum Gasteiger partial charge on any atom is 0.246 e. The molecule has 1 aliphatic heterocycles. The van der Waals surface area contributed by atoms with Crippen molar-refractivity contribution in [3.63, 3.8) is 0 Å². The van der Waals surface area contributed by atoms with Gasteiger partial charge in [0.1, 0.15) is 12.1 Å². The number of unbranched alkanes of at least 4 members (excludes halogenated alkanes) is 15. The lowest BCUT2D eigenvalue weighted by Gasteiger charge is -2.35. The standard InChI is InChI=1S/C41H67N5O4S/c1-31-37(51-30-44-31)33-24-22-32(23-25-33)28-43-39(49)35-27-34(47)29-46(35)40(50)38(41(2,3)4)45-36(48)21-19-17-15-13-11-9-7-5-6-8-10-12-14-16-18-20-26-42/h22-25,30,34-35,38,47H,5-21,26-29,42H2,1-4H3,(H,43,49)(H,45,48). The van der Waals surface area contributed by atoms with Crippen molar-refractivity contribution in [3.8, 4) is 10.4 Å². The molecule has 286 valence electrons. The van der Waals surface area contributed by atoms with Gasteiger partial charge in [0, 0.05) is 25.9 Å². The highest BCUT2D eigenvalue weighted by atomic mass is 32.1. The highest BCUT2D eigenvalue weighted by molar-refractivity contribution is 7.13. The lowest BCUT2D eigenvalue weighted by molar-refractivity contribution is -0.144. The minimum atomic E-state index is -0.797. The van der Waals surface area contributed by atoms with Gasteiger partial charge in [0.2, 0.25) is 17.7 Å². The first-order chi connectivity index (χ1) is 24.5. The maximum absolute atomic E-state index is 13.9. The van der Waals surface area contributed by atoms with Crippen molar-refractivity contribution < 1.29 is 19.5 Å². The van der Waals surface area contributed by atoms with Crippen LogP contribution in [0, 0.1) is 12.3 Å². The zero-order chi connectivity index (χ0) is 37.1. The molecule has 1 aliphatic rings. The molecule has 3 unspecified atom stereocenters. The van der Waals surface area contributed by atoms with Gasteiger partial charge in [-0.2, -0.15) is 0 Å². The molecule has 2 heterocycles. The number of rotatable bonds is 24. The Morgan fingerprint density at radius 3 is 1.90 bits per heavy atom. The Bertz CT molecular complexity index is 1310. The number of hydrogen-bond donors (Lipinski definition) is 4. The molecule has 0 aliphatic carbocycles. The number of thiazole rings is 1. The van der Waals surface area contributed by atoms with Crippen molar-refractivity contribution in [2.24, 2.45) is 11.1 Å². The molecule has 9 nitrogen and oxygen atoms in total. The summed E-state index contributed by atoms with van der Waals surface area (Å²) < 4.78 is 0. The number of aliphatic hydroxyl groups excluding tert-OH is 1. The predicted octanol–water partition coefficient (Wildman–Crippen LogP) is 7.82. The van der Waals surface area contributed by atoms with Crippen LogP contribution in [0.3, 0.4) is 0 Å². The van der Waals surface area contributed by atoms with E-state index in [1.165, 1.54) is 88.4 Å². The van der Waals surface area contributed by atoms with Crippen molar-refractivity contribution in [1.29, 1.82) is 0 Å². The fraction of sp³-hybridized carbons (Fsp3) is 0.707. The second kappa shape index (κ2) is 23.0. The van der Waals surface area contributed by atoms with Crippen LogP contribution in [0.5, 0.6) is 0 Å². The second-order valence-electron chi connectivity index (χ2n) is 15.6. The fourth-order valence-electron chi connectivity index (χ4n) is 6.92. The Labute approximate surface area is 311 Å². The normalized spacial score (nSPS) is 16.7. The summed E-state index contributed by atoms with van der Waals surface area (Å²) in [4.78, 5) is 47.1. The Kier molecular flexibility index (Phi) is 19.2. The minimum absolute atomic E-state index is 0.0677. The summed E-state index contributed by atoms with van der Waals surface area (Å²) in [6.45, 7) is 8.94. The average molecular weight is 726 g/mol. The molecule has 1 aromatic heterocycles. The third-order valence-corrected chi connectivity index (χ3v) is 11.0. The van der Waals surface area contributed by atoms with E-state index in [1.54, 1.807) is 11.3 Å². The third-order valence-electron chi connectivity index (χ3n) is 10.1. The molecule has 0 bridgehead atoms. The monoisotopic (exact) mass is 725 g/mol. The van der Waals surface area contributed by atoms with Crippen LogP contribution in [-0.4, -0.2) is 64.0 Å². The van der Waals surface area contributed by atoms with Gasteiger partial charge in [-0.1, -0.05) is 135 Å². The van der Waals surface area contributed by atoms with Gasteiger partial charge < -0.3 is 26.4 Å². The molecule has 1 aromatic carbocycles. The van der Waals surface area contributed by atoms with E-state index in [9.17, 15) is 19.5 Å². The van der Waals surface area contributed by atoms with Crippen molar-refractivity contribution in [2.75, 3.05) is 13.1 Å². The van der Waals surface area contributed by atoms with E-state index in [0.717, 1.165) is 47.5 Å². The minimum Gasteiger partial charge on any atom is -0.391 e. The molecule has 5 N–H and O–H groups in total. The number of aliphatic hydroxyl groups is 1. The van der Waals surface area contributed by atoms with E-state index in [-0.39, 0.29) is 30.7 Å². The number of carbonyl (C=O) groups excluding carboxylic acids is 3. The van der Waals surface area contributed by atoms with E-state index in [0.29, 0.717) is 13.0 Å². The molecule has 1 saturated heterocycles. The molecule has 3 atom stereocenters. The first-order valence-corrected chi connectivity index (χ1v) is 20.6. The van der Waals surface area contributed by atoms with Crippen LogP contribution < -0.4 is 16.4 Å². The van der Waals surface area contributed by atoms with Gasteiger partial charge in [-0.3, -0.25) is 14.4 Å². The van der Waals surface area contributed by atoms with Gasteiger partial charge in [0.25, 0.3) is 0 Å². The lowest BCUT2D eigenvalue weighted by atomic mass is 9.85. The second-order valence-corrected chi connectivity index (χ2v) is 16.5. The topological polar surface area (TPSA) is 138 Å². The molecule has 0 saturated carbocycles. The number of benzene rings is 1. The van der Waals surface area contributed by atoms with Gasteiger partial charge in [-0.15, -0.1) is 11.3 Å². The molecule has 2 aromatic rings. The molecule has 3 rings (SSSR count). The number of nitrogens with one attached hydrogen (secondary N) is 2. The Balaban J connectivity index is 1.34. The predicted molar refractivity (Wildman–Crippen MR) is 209 cm³/mol. The highest BCUT2D eigenvalue weighted by Crippen LogP contribution is 2.28. The number of carbonyl (C=O) groups is 3. The number of amides is 3. The van der Waals surface area contributed by atoms with Crippen LogP contribution in [0.4, 0.5) is 0 Å². The zero-order valence-electron chi connectivity index (χ0n) is 32.0. The highest BCUT2D eigenvalue weighted by Gasteiger charge is 2.44. The Hall–Kier alpha value is -2.82. The summed E-state index contributed by atoms with van der Waals surface area (Å²) in [7, 11) is 0. The zero-order valence-corrected chi connectivity index (χ0v) is 32.8. The first-order valence-electron chi connectivity index (χ1n) is 19.8. The molecule has 51 heavy (non-hydrogen) atoms. The molecule has 0 radical (unpaired) electrons. The van der Waals surface area contributed by atoms with Gasteiger partial charge in [-0.25, -0.2) is 4.98 Å². The number of aryl methyl sites for hydroxylation is 1. The van der Waals surface area contributed by atoms with Crippen LogP contribution >= 0.6 is 11.3 Å². The van der Waals surface area contributed by atoms with Crippen molar-refractivity contribution >= 4 is 29.1 Å². The Morgan fingerprint density at radius 2 is 1.41 bits per heavy atom. The van der Waals surface area contributed by atoms with E-state index < -0.39 is 23.6 Å². The molecule has 0 spiro atoms. The smallest absolute Gasteiger partial charge is 0.246 e. The fourth-order valence-corrected chi connectivity index (χ4v) is 7.73. The SMILES string of the molecule is Cc1ncsc1-c1ccc(CNC(=O)C2CC(O)CN2C(=O)C(NC(=O)CCCCCCCCCCCCCCCCCCN)C(C)(C)C)cc1. The van der Waals surface area contributed by atoms with Crippen molar-refractivity contribution in [2.45, 2.75) is 168 Å². The largest absolute Gasteiger partial charge is 0.391 e. The van der Waals surface area contributed by atoms with Crippen LogP contribution in [0.15, 0.2) is 29.8 Å². The quantitative estimate of drug-likeness (QED) is 0.0815. The summed E-state index contributed by atoms with van der Waals surface area (Å²) >= 11 is 1.60. The maximum atomic E-state index is 13.9. The van der Waals surface area contributed by atoms with E-state index >= 15 is 0 Å². The van der Waals surface area contributed by atoms with Gasteiger partial charge in [0.15, 0.2) is 0 Å². The van der Waals surface area contributed by atoms with Crippen LogP contribution in [0.25, 0.3) is 10.4 Å². The summed E-state index contributed by atoms with van der Waals surface area (Å²) in [6.07, 6.45) is 19.7. The summed E-state index contributed by atoms with van der Waals surface area (Å²) in [5.41, 5.74) is 9.83. The summed E-state index contributed by atoms with van der Waals surface area (Å²) in [5, 5.41) is 16.5. The molecule has 3 amide bonds. The third kappa shape index (κ3) is 15.4. The number of aromatic nitrogens is 1. The van der Waals surface area contributed by atoms with Crippen LogP contribution in [0.1, 0.15) is 148 Å². The number of hydrogen-bond acceptors (Lipinski definition) is 7. The van der Waals surface area contributed by atoms with Crippen LogP contribution in [-0.2, 0) is 20.9 Å². The summed E-state index contributed by atoms with van der Waals surface area (Å²) in [6, 6.07) is 6.40. The number of nitrogens with zero attached hydrogens (tertiary/aromatic N) is 2. The lowest BCUT2D eigenvalue weighted by Crippen LogP contribution is -2.57. The Morgan fingerprint density at radius 1 is 0.882 bits per heavy atom. The first kappa shape index (κ1) is 42.6.